The molecule has 2 aliphatic rings. The summed E-state index contributed by atoms with van der Waals surface area (Å²) in [7, 11) is -3.65. The van der Waals surface area contributed by atoms with E-state index in [1.165, 1.54) is 11.1 Å². The van der Waals surface area contributed by atoms with Gasteiger partial charge < -0.3 is 9.47 Å². The van der Waals surface area contributed by atoms with Crippen LogP contribution in [0, 0.1) is 0 Å². The molecule has 2 aromatic carbocycles. The summed E-state index contributed by atoms with van der Waals surface area (Å²) in [5.74, 6) is 1.08. The molecule has 2 aromatic rings. The monoisotopic (exact) mass is 416 g/mol. The highest BCUT2D eigenvalue weighted by Gasteiger charge is 2.31. The van der Waals surface area contributed by atoms with Gasteiger partial charge in [0.25, 0.3) is 0 Å². The smallest absolute Gasteiger partial charge is 0.240 e. The number of hydrogen-bond donors (Lipinski definition) is 1. The molecule has 0 spiro atoms. The highest BCUT2D eigenvalue weighted by molar-refractivity contribution is 7.89. The van der Waals surface area contributed by atoms with E-state index >= 15 is 0 Å². The third-order valence-corrected chi connectivity index (χ3v) is 7.11. The first-order valence-electron chi connectivity index (χ1n) is 10.1. The van der Waals surface area contributed by atoms with Crippen LogP contribution in [0.25, 0.3) is 0 Å². The van der Waals surface area contributed by atoms with Gasteiger partial charge in [-0.25, -0.2) is 13.1 Å². The lowest BCUT2D eigenvalue weighted by atomic mass is 9.94. The molecule has 0 radical (unpaired) electrons. The maximum absolute atomic E-state index is 12.9. The van der Waals surface area contributed by atoms with Gasteiger partial charge in [-0.05, 0) is 43.5 Å². The first-order chi connectivity index (χ1) is 13.9. The summed E-state index contributed by atoms with van der Waals surface area (Å²) in [6.07, 6.45) is 1.76. The molecule has 2 heterocycles. The molecule has 0 amide bonds. The number of nitrogens with one attached hydrogen (secondary N) is 1. The average Bonchev–Trinajstić information content (AvgIpc) is 2.97. The number of hydrogen-bond acceptors (Lipinski definition) is 5. The summed E-state index contributed by atoms with van der Waals surface area (Å²) >= 11 is 0. The molecule has 156 valence electrons. The quantitative estimate of drug-likeness (QED) is 0.812. The third-order valence-electron chi connectivity index (χ3n) is 5.71. The Balaban J connectivity index is 1.45. The van der Waals surface area contributed by atoms with Crippen LogP contribution in [0.1, 0.15) is 31.4 Å². The maximum Gasteiger partial charge on any atom is 0.240 e. The summed E-state index contributed by atoms with van der Waals surface area (Å²) in [4.78, 5) is 2.53. The van der Waals surface area contributed by atoms with Gasteiger partial charge in [0.05, 0.1) is 18.1 Å². The van der Waals surface area contributed by atoms with E-state index in [4.69, 9.17) is 9.47 Å². The molecule has 0 bridgehead atoms. The lowest BCUT2D eigenvalue weighted by molar-refractivity contribution is 0.108. The summed E-state index contributed by atoms with van der Waals surface area (Å²) < 4.78 is 39.8. The van der Waals surface area contributed by atoms with E-state index in [0.717, 1.165) is 25.9 Å². The zero-order valence-corrected chi connectivity index (χ0v) is 17.8. The molecular weight excluding hydrogens is 388 g/mol. The Morgan fingerprint density at radius 2 is 1.76 bits per heavy atom. The van der Waals surface area contributed by atoms with Gasteiger partial charge in [-0.3, -0.25) is 4.90 Å². The van der Waals surface area contributed by atoms with E-state index in [9.17, 15) is 8.42 Å². The second-order valence-electron chi connectivity index (χ2n) is 8.24. The predicted molar refractivity (Wildman–Crippen MR) is 112 cm³/mol. The second-order valence-corrected chi connectivity index (χ2v) is 10.0. The minimum atomic E-state index is -3.65. The normalized spacial score (nSPS) is 17.4. The van der Waals surface area contributed by atoms with Crippen molar-refractivity contribution in [1.29, 1.82) is 0 Å². The van der Waals surface area contributed by atoms with Gasteiger partial charge in [0.2, 0.25) is 10.0 Å². The third kappa shape index (κ3) is 4.42. The lowest BCUT2D eigenvalue weighted by Crippen LogP contribution is -2.53. The van der Waals surface area contributed by atoms with E-state index in [1.807, 2.05) is 0 Å². The second kappa shape index (κ2) is 7.97. The summed E-state index contributed by atoms with van der Waals surface area (Å²) in [6.45, 7) is 7.32. The van der Waals surface area contributed by atoms with Gasteiger partial charge in [-0.2, -0.15) is 0 Å². The van der Waals surface area contributed by atoms with Crippen molar-refractivity contribution in [2.75, 3.05) is 26.3 Å². The number of ether oxygens (including phenoxy) is 2. The molecule has 0 aliphatic carbocycles. The largest absolute Gasteiger partial charge is 0.490 e. The van der Waals surface area contributed by atoms with E-state index in [1.54, 1.807) is 18.2 Å². The maximum atomic E-state index is 12.9. The molecule has 0 saturated heterocycles. The van der Waals surface area contributed by atoms with Crippen molar-refractivity contribution >= 4 is 10.0 Å². The van der Waals surface area contributed by atoms with Crippen LogP contribution in [-0.2, 0) is 23.0 Å². The van der Waals surface area contributed by atoms with E-state index < -0.39 is 10.0 Å². The standard InChI is InChI=1S/C22H28N2O4S/c1-22(2,24-11-10-17-6-3-4-7-18(17)15-24)16-23-29(25,26)19-8-9-20-21(14-19)28-13-5-12-27-20/h3-4,6-9,14,23H,5,10-13,15-16H2,1-2H3. The molecule has 0 unspecified atom stereocenters. The Hall–Kier alpha value is -2.09. The number of rotatable bonds is 5. The van der Waals surface area contributed by atoms with E-state index in [-0.39, 0.29) is 10.4 Å². The Labute approximate surface area is 172 Å². The van der Waals surface area contributed by atoms with Gasteiger partial charge in [-0.1, -0.05) is 24.3 Å². The molecule has 0 aromatic heterocycles. The Morgan fingerprint density at radius 1 is 1.03 bits per heavy atom. The average molecular weight is 417 g/mol. The molecule has 0 fully saturated rings. The van der Waals surface area contributed by atoms with Crippen LogP contribution in [0.4, 0.5) is 0 Å². The van der Waals surface area contributed by atoms with Crippen molar-refractivity contribution in [3.05, 3.63) is 53.6 Å². The summed E-state index contributed by atoms with van der Waals surface area (Å²) in [5, 5.41) is 0. The molecule has 29 heavy (non-hydrogen) atoms. The highest BCUT2D eigenvalue weighted by atomic mass is 32.2. The zero-order chi connectivity index (χ0) is 20.5. The number of benzene rings is 2. The van der Waals surface area contributed by atoms with Crippen LogP contribution < -0.4 is 14.2 Å². The molecule has 0 saturated carbocycles. The van der Waals surface area contributed by atoms with Crippen molar-refractivity contribution in [3.63, 3.8) is 0 Å². The van der Waals surface area contributed by atoms with E-state index in [0.29, 0.717) is 31.3 Å². The Bertz CT molecular complexity index is 988. The first-order valence-corrected chi connectivity index (χ1v) is 11.5. The van der Waals surface area contributed by atoms with Crippen molar-refractivity contribution in [2.45, 2.75) is 43.7 Å². The number of nitrogens with zero attached hydrogens (tertiary/aromatic N) is 1. The van der Waals surface area contributed by atoms with Gasteiger partial charge in [-0.15, -0.1) is 0 Å². The molecule has 4 rings (SSSR count). The van der Waals surface area contributed by atoms with E-state index in [2.05, 4.69) is 47.7 Å². The summed E-state index contributed by atoms with van der Waals surface area (Å²) in [6, 6.07) is 13.2. The Kier molecular flexibility index (Phi) is 5.55. The molecule has 6 nitrogen and oxygen atoms in total. The van der Waals surface area contributed by atoms with Gasteiger partial charge >= 0.3 is 0 Å². The van der Waals surface area contributed by atoms with Crippen molar-refractivity contribution in [1.82, 2.24) is 9.62 Å². The first kappa shape index (κ1) is 20.2. The highest BCUT2D eigenvalue weighted by Crippen LogP contribution is 2.32. The van der Waals surface area contributed by atoms with Crippen molar-refractivity contribution in [3.8, 4) is 11.5 Å². The molecule has 1 N–H and O–H groups in total. The van der Waals surface area contributed by atoms with Crippen LogP contribution in [0.15, 0.2) is 47.4 Å². The Morgan fingerprint density at radius 3 is 2.55 bits per heavy atom. The molecule has 2 aliphatic heterocycles. The fraction of sp³-hybridized carbons (Fsp3) is 0.455. The topological polar surface area (TPSA) is 67.9 Å². The van der Waals surface area contributed by atoms with Crippen LogP contribution in [0.5, 0.6) is 11.5 Å². The fourth-order valence-electron chi connectivity index (χ4n) is 3.79. The van der Waals surface area contributed by atoms with Crippen LogP contribution in [0.3, 0.4) is 0 Å². The molecule has 0 atom stereocenters. The molecule has 7 heteroatoms. The van der Waals surface area contributed by atoms with Crippen molar-refractivity contribution in [2.24, 2.45) is 0 Å². The lowest BCUT2D eigenvalue weighted by Gasteiger charge is -2.41. The van der Waals surface area contributed by atoms with Crippen LogP contribution in [0.2, 0.25) is 0 Å². The SMILES string of the molecule is CC(C)(CNS(=O)(=O)c1ccc2c(c1)OCCCO2)N1CCc2ccccc2C1. The van der Waals surface area contributed by atoms with Crippen LogP contribution >= 0.6 is 0 Å². The fourth-order valence-corrected chi connectivity index (χ4v) is 5.01. The molecular formula is C22H28N2O4S. The zero-order valence-electron chi connectivity index (χ0n) is 17.0. The number of fused-ring (bicyclic) bond motifs is 2. The van der Waals surface area contributed by atoms with Gasteiger partial charge in [0, 0.05) is 37.7 Å². The van der Waals surface area contributed by atoms with Gasteiger partial charge in [0.15, 0.2) is 11.5 Å². The van der Waals surface area contributed by atoms with Crippen LogP contribution in [-0.4, -0.2) is 45.2 Å². The summed E-state index contributed by atoms with van der Waals surface area (Å²) in [5.41, 5.74) is 2.39. The van der Waals surface area contributed by atoms with Crippen molar-refractivity contribution < 1.29 is 17.9 Å². The van der Waals surface area contributed by atoms with Gasteiger partial charge in [0.1, 0.15) is 0 Å². The number of sulfonamides is 1. The minimum Gasteiger partial charge on any atom is -0.490 e. The minimum absolute atomic E-state index is 0.196. The predicted octanol–water partition coefficient (Wildman–Crippen LogP) is 2.96.